The molecule has 8 nitrogen and oxygen atoms in total. The van der Waals surface area contributed by atoms with Crippen LogP contribution < -0.4 is 10.2 Å². The van der Waals surface area contributed by atoms with Gasteiger partial charge in [-0.15, -0.1) is 0 Å². The molecule has 0 atom stereocenters. The standard InChI is InChI=1S/C20H29N3O5/c1-20(2,3)28-19(26)21-10-9-18(25)27-15-17(24)23-13-11-22(12-14-23)16-7-5-4-6-8-16/h4-8H,9-15H2,1-3H3,(H,21,26). The van der Waals surface area contributed by atoms with E-state index in [0.717, 1.165) is 18.8 Å². The fraction of sp³-hybridized carbons (Fsp3) is 0.550. The Balaban J connectivity index is 1.62. The molecule has 1 fully saturated rings. The first kappa shape index (κ1) is 21.5. The van der Waals surface area contributed by atoms with E-state index in [9.17, 15) is 14.4 Å². The van der Waals surface area contributed by atoms with Gasteiger partial charge in [-0.2, -0.15) is 0 Å². The molecule has 1 aromatic rings. The highest BCUT2D eigenvalue weighted by molar-refractivity contribution is 5.81. The number of piperazine rings is 1. The van der Waals surface area contributed by atoms with E-state index in [0.29, 0.717) is 13.1 Å². The van der Waals surface area contributed by atoms with E-state index >= 15 is 0 Å². The zero-order valence-electron chi connectivity index (χ0n) is 16.8. The van der Waals surface area contributed by atoms with Crippen molar-refractivity contribution in [2.24, 2.45) is 0 Å². The minimum Gasteiger partial charge on any atom is -0.456 e. The number of benzene rings is 1. The summed E-state index contributed by atoms with van der Waals surface area (Å²) < 4.78 is 10.1. The molecule has 0 saturated carbocycles. The van der Waals surface area contributed by atoms with Crippen molar-refractivity contribution in [1.82, 2.24) is 10.2 Å². The van der Waals surface area contributed by atoms with Crippen LogP contribution in [0.15, 0.2) is 30.3 Å². The van der Waals surface area contributed by atoms with E-state index in [4.69, 9.17) is 9.47 Å². The Morgan fingerprint density at radius 2 is 1.68 bits per heavy atom. The molecule has 0 radical (unpaired) electrons. The molecule has 0 aliphatic carbocycles. The summed E-state index contributed by atoms with van der Waals surface area (Å²) in [5, 5.41) is 2.48. The van der Waals surface area contributed by atoms with Gasteiger partial charge in [-0.05, 0) is 32.9 Å². The first-order valence-electron chi connectivity index (χ1n) is 9.45. The largest absolute Gasteiger partial charge is 0.456 e. The molecule has 0 spiro atoms. The molecule has 1 heterocycles. The van der Waals surface area contributed by atoms with Crippen molar-refractivity contribution in [3.8, 4) is 0 Å². The van der Waals surface area contributed by atoms with Crippen LogP contribution in [-0.2, 0) is 19.1 Å². The molecule has 0 bridgehead atoms. The Morgan fingerprint density at radius 1 is 1.04 bits per heavy atom. The summed E-state index contributed by atoms with van der Waals surface area (Å²) in [6.07, 6.45) is -0.610. The summed E-state index contributed by atoms with van der Waals surface area (Å²) in [6, 6.07) is 10.0. The molecule has 1 N–H and O–H groups in total. The number of para-hydroxylation sites is 1. The Hall–Kier alpha value is -2.77. The van der Waals surface area contributed by atoms with E-state index in [1.54, 1.807) is 25.7 Å². The zero-order valence-corrected chi connectivity index (χ0v) is 16.8. The summed E-state index contributed by atoms with van der Waals surface area (Å²) in [5.41, 5.74) is 0.542. The number of carbonyl (C=O) groups excluding carboxylic acids is 3. The third-order valence-electron chi connectivity index (χ3n) is 4.11. The third kappa shape index (κ3) is 7.46. The Kier molecular flexibility index (Phi) is 7.66. The van der Waals surface area contributed by atoms with Crippen molar-refractivity contribution in [2.75, 3.05) is 44.2 Å². The number of amides is 2. The number of nitrogens with zero attached hydrogens (tertiary/aromatic N) is 2. The monoisotopic (exact) mass is 391 g/mol. The molecule has 28 heavy (non-hydrogen) atoms. The topological polar surface area (TPSA) is 88.2 Å². The summed E-state index contributed by atoms with van der Waals surface area (Å²) >= 11 is 0. The lowest BCUT2D eigenvalue weighted by Crippen LogP contribution is -2.49. The molecular weight excluding hydrogens is 362 g/mol. The van der Waals surface area contributed by atoms with Crippen molar-refractivity contribution in [1.29, 1.82) is 0 Å². The number of alkyl carbamates (subject to hydrolysis) is 1. The summed E-state index contributed by atoms with van der Waals surface area (Å²) in [6.45, 7) is 7.74. The minimum absolute atomic E-state index is 0.0195. The smallest absolute Gasteiger partial charge is 0.407 e. The van der Waals surface area contributed by atoms with Gasteiger partial charge in [0.05, 0.1) is 6.42 Å². The van der Waals surface area contributed by atoms with Gasteiger partial charge in [0.25, 0.3) is 5.91 Å². The maximum atomic E-state index is 12.2. The first-order chi connectivity index (χ1) is 13.2. The highest BCUT2D eigenvalue weighted by Crippen LogP contribution is 2.15. The Labute approximate surface area is 165 Å². The molecule has 2 amide bonds. The molecule has 154 valence electrons. The second kappa shape index (κ2) is 9.96. The number of hydrogen-bond donors (Lipinski definition) is 1. The van der Waals surface area contributed by atoms with Gasteiger partial charge in [0, 0.05) is 38.4 Å². The average molecular weight is 391 g/mol. The van der Waals surface area contributed by atoms with Crippen molar-refractivity contribution < 1.29 is 23.9 Å². The fourth-order valence-corrected chi connectivity index (χ4v) is 2.74. The van der Waals surface area contributed by atoms with Crippen LogP contribution in [0.3, 0.4) is 0 Å². The van der Waals surface area contributed by atoms with Crippen molar-refractivity contribution in [3.63, 3.8) is 0 Å². The molecule has 1 aliphatic heterocycles. The highest BCUT2D eigenvalue weighted by atomic mass is 16.6. The van der Waals surface area contributed by atoms with Gasteiger partial charge in [-0.3, -0.25) is 9.59 Å². The van der Waals surface area contributed by atoms with E-state index in [2.05, 4.69) is 10.2 Å². The highest BCUT2D eigenvalue weighted by Gasteiger charge is 2.22. The number of hydrogen-bond acceptors (Lipinski definition) is 6. The van der Waals surface area contributed by atoms with E-state index in [-0.39, 0.29) is 25.5 Å². The first-order valence-corrected chi connectivity index (χ1v) is 9.45. The maximum Gasteiger partial charge on any atom is 0.407 e. The van der Waals surface area contributed by atoms with Crippen LogP contribution >= 0.6 is 0 Å². The predicted octanol–water partition coefficient (Wildman–Crippen LogP) is 1.79. The van der Waals surface area contributed by atoms with Gasteiger partial charge in [0.2, 0.25) is 0 Å². The molecule has 2 rings (SSSR count). The van der Waals surface area contributed by atoms with Gasteiger partial charge >= 0.3 is 12.1 Å². The van der Waals surface area contributed by atoms with Crippen molar-refractivity contribution >= 4 is 23.7 Å². The minimum atomic E-state index is -0.596. The van der Waals surface area contributed by atoms with Gasteiger partial charge in [0.1, 0.15) is 5.60 Å². The quantitative estimate of drug-likeness (QED) is 0.744. The summed E-state index contributed by atoms with van der Waals surface area (Å²) in [4.78, 5) is 39.4. The number of carbonyl (C=O) groups is 3. The van der Waals surface area contributed by atoms with E-state index in [1.165, 1.54) is 0 Å². The summed E-state index contributed by atoms with van der Waals surface area (Å²) in [7, 11) is 0. The van der Waals surface area contributed by atoms with Crippen molar-refractivity contribution in [2.45, 2.75) is 32.8 Å². The average Bonchev–Trinajstić information content (AvgIpc) is 2.65. The molecule has 1 aromatic carbocycles. The number of esters is 1. The zero-order chi connectivity index (χ0) is 20.6. The van der Waals surface area contributed by atoms with E-state index < -0.39 is 17.7 Å². The molecule has 8 heteroatoms. The Morgan fingerprint density at radius 3 is 2.29 bits per heavy atom. The fourth-order valence-electron chi connectivity index (χ4n) is 2.74. The SMILES string of the molecule is CC(C)(C)OC(=O)NCCC(=O)OCC(=O)N1CCN(c2ccccc2)CC1. The summed E-state index contributed by atoms with van der Waals surface area (Å²) in [5.74, 6) is -0.742. The second-order valence-electron chi connectivity index (χ2n) is 7.54. The van der Waals surface area contributed by atoms with Crippen molar-refractivity contribution in [3.05, 3.63) is 30.3 Å². The normalized spacial score (nSPS) is 14.4. The molecule has 1 aliphatic rings. The van der Waals surface area contributed by atoms with Crippen LogP contribution in [0.2, 0.25) is 0 Å². The molecule has 1 saturated heterocycles. The van der Waals surface area contributed by atoms with Crippen LogP contribution in [0, 0.1) is 0 Å². The van der Waals surface area contributed by atoms with Gasteiger partial charge in [0.15, 0.2) is 6.61 Å². The van der Waals surface area contributed by atoms with E-state index in [1.807, 2.05) is 30.3 Å². The van der Waals surface area contributed by atoms with Gasteiger partial charge in [-0.25, -0.2) is 4.79 Å². The maximum absolute atomic E-state index is 12.2. The predicted molar refractivity (Wildman–Crippen MR) is 105 cm³/mol. The number of rotatable bonds is 6. The van der Waals surface area contributed by atoms with Crippen LogP contribution in [0.5, 0.6) is 0 Å². The second-order valence-corrected chi connectivity index (χ2v) is 7.54. The molecule has 0 aromatic heterocycles. The number of nitrogens with one attached hydrogen (secondary N) is 1. The van der Waals surface area contributed by atoms with Crippen LogP contribution in [0.1, 0.15) is 27.2 Å². The lowest BCUT2D eigenvalue weighted by atomic mass is 10.2. The van der Waals surface area contributed by atoms with Gasteiger partial charge in [-0.1, -0.05) is 18.2 Å². The number of anilines is 1. The third-order valence-corrected chi connectivity index (χ3v) is 4.11. The lowest BCUT2D eigenvalue weighted by Gasteiger charge is -2.36. The lowest BCUT2D eigenvalue weighted by molar-refractivity contribution is -0.152. The van der Waals surface area contributed by atoms with Crippen LogP contribution in [0.4, 0.5) is 10.5 Å². The Bertz CT molecular complexity index is 664. The van der Waals surface area contributed by atoms with Gasteiger partial charge < -0.3 is 24.6 Å². The van der Waals surface area contributed by atoms with Crippen LogP contribution in [-0.4, -0.2) is 67.8 Å². The molecule has 0 unspecified atom stereocenters. The van der Waals surface area contributed by atoms with Crippen LogP contribution in [0.25, 0.3) is 0 Å². The molecular formula is C20H29N3O5. The number of ether oxygens (including phenoxy) is 2.